The molecule has 0 spiro atoms. The lowest BCUT2D eigenvalue weighted by molar-refractivity contribution is -0.115. The van der Waals surface area contributed by atoms with E-state index in [1.54, 1.807) is 27.8 Å². The lowest BCUT2D eigenvalue weighted by atomic mass is 10.1. The van der Waals surface area contributed by atoms with Gasteiger partial charge in [0.1, 0.15) is 9.92 Å². The Balaban J connectivity index is 1.48. The van der Waals surface area contributed by atoms with E-state index in [0.29, 0.717) is 17.0 Å². The Morgan fingerprint density at radius 1 is 1.22 bits per heavy atom. The lowest BCUT2D eigenvalue weighted by Crippen LogP contribution is -2.33. The quantitative estimate of drug-likeness (QED) is 0.393. The molecule has 32 heavy (non-hydrogen) atoms. The number of hydrogen-bond donors (Lipinski definition) is 2. The number of amides is 2. The molecular formula is C22H23N5O3S2. The molecule has 3 aromatic heterocycles. The average Bonchev–Trinajstić information content (AvgIpc) is 3.42. The van der Waals surface area contributed by atoms with Gasteiger partial charge in [-0.2, -0.15) is 5.10 Å². The number of nitrogens with zero attached hydrogens (tertiary/aromatic N) is 3. The molecule has 166 valence electrons. The first kappa shape index (κ1) is 22.1. The molecule has 0 aliphatic rings. The first-order valence-corrected chi connectivity index (χ1v) is 11.8. The van der Waals surface area contributed by atoms with E-state index in [1.807, 2.05) is 57.5 Å². The van der Waals surface area contributed by atoms with E-state index in [4.69, 9.17) is 4.42 Å². The van der Waals surface area contributed by atoms with Gasteiger partial charge in [-0.05, 0) is 26.8 Å². The molecule has 0 unspecified atom stereocenters. The summed E-state index contributed by atoms with van der Waals surface area (Å²) in [5.74, 6) is -0.00856. The molecule has 0 aliphatic carbocycles. The molecule has 0 bridgehead atoms. The molecule has 0 aliphatic heterocycles. The number of furan rings is 1. The summed E-state index contributed by atoms with van der Waals surface area (Å²) in [5.41, 5.74) is 4.61. The summed E-state index contributed by atoms with van der Waals surface area (Å²) < 4.78 is 8.49. The number of aromatic nitrogens is 3. The molecule has 3 heterocycles. The summed E-state index contributed by atoms with van der Waals surface area (Å²) in [7, 11) is 1.81. The van der Waals surface area contributed by atoms with E-state index in [9.17, 15) is 9.59 Å². The number of rotatable bonds is 7. The van der Waals surface area contributed by atoms with Crippen molar-refractivity contribution in [3.63, 3.8) is 0 Å². The van der Waals surface area contributed by atoms with Crippen LogP contribution in [0.1, 0.15) is 33.2 Å². The monoisotopic (exact) mass is 469 g/mol. The number of nitrogens with one attached hydrogen (secondary N) is 2. The number of anilines is 1. The fraction of sp³-hybridized carbons (Fsp3) is 0.273. The molecule has 0 atom stereocenters. The van der Waals surface area contributed by atoms with Crippen LogP contribution >= 0.6 is 23.1 Å². The van der Waals surface area contributed by atoms with Crippen LogP contribution in [0, 0.1) is 20.8 Å². The number of thiazole rings is 1. The Bertz CT molecular complexity index is 1300. The van der Waals surface area contributed by atoms with Gasteiger partial charge in [-0.25, -0.2) is 4.98 Å². The van der Waals surface area contributed by atoms with Gasteiger partial charge in [-0.15, -0.1) is 11.3 Å². The minimum atomic E-state index is -0.429. The van der Waals surface area contributed by atoms with Crippen LogP contribution in [0.2, 0.25) is 0 Å². The van der Waals surface area contributed by atoms with Gasteiger partial charge < -0.3 is 15.1 Å². The highest BCUT2D eigenvalue weighted by molar-refractivity contribution is 8.00. The van der Waals surface area contributed by atoms with Crippen LogP contribution in [-0.2, 0) is 17.6 Å². The van der Waals surface area contributed by atoms with Crippen LogP contribution in [0.4, 0.5) is 5.69 Å². The molecule has 2 amide bonds. The maximum atomic E-state index is 12.9. The highest BCUT2D eigenvalue weighted by atomic mass is 32.2. The van der Waals surface area contributed by atoms with Gasteiger partial charge in [0.05, 0.1) is 23.6 Å². The standard InChI is InChI=1S/C22H23N5O3S2/c1-12-10-31-22(24-12)32-11-16-15-7-5-6-8-17(15)30-20(16)21(29)23-9-18(28)25-19-13(2)26-27(4)14(19)3/h5-8,10H,9,11H2,1-4H3,(H,23,29)(H,25,28). The second kappa shape index (κ2) is 9.17. The number of carbonyl (C=O) groups excluding carboxylic acids is 2. The molecule has 0 saturated heterocycles. The largest absolute Gasteiger partial charge is 0.451 e. The van der Waals surface area contributed by atoms with E-state index >= 15 is 0 Å². The van der Waals surface area contributed by atoms with E-state index in [1.165, 1.54) is 0 Å². The molecule has 0 saturated carbocycles. The Labute approximate surface area is 193 Å². The third-order valence-corrected chi connectivity index (χ3v) is 7.19. The molecular weight excluding hydrogens is 446 g/mol. The third-order valence-electron chi connectivity index (χ3n) is 5.03. The number of benzene rings is 1. The number of thioether (sulfide) groups is 1. The number of carbonyl (C=O) groups is 2. The number of fused-ring (bicyclic) bond motifs is 1. The van der Waals surface area contributed by atoms with E-state index < -0.39 is 5.91 Å². The van der Waals surface area contributed by atoms with Crippen molar-refractivity contribution in [2.75, 3.05) is 11.9 Å². The van der Waals surface area contributed by atoms with Crippen LogP contribution in [0.5, 0.6) is 0 Å². The first-order valence-electron chi connectivity index (χ1n) is 9.97. The van der Waals surface area contributed by atoms with Crippen molar-refractivity contribution in [3.8, 4) is 0 Å². The van der Waals surface area contributed by atoms with Crippen molar-refractivity contribution in [1.82, 2.24) is 20.1 Å². The summed E-state index contributed by atoms with van der Waals surface area (Å²) in [6.45, 7) is 5.47. The zero-order valence-corrected chi connectivity index (χ0v) is 19.8. The lowest BCUT2D eigenvalue weighted by Gasteiger charge is -2.07. The summed E-state index contributed by atoms with van der Waals surface area (Å²) in [5, 5.41) is 12.6. The van der Waals surface area contributed by atoms with Crippen molar-refractivity contribution >= 4 is 51.6 Å². The van der Waals surface area contributed by atoms with E-state index in [0.717, 1.165) is 32.4 Å². The maximum Gasteiger partial charge on any atom is 0.287 e. The maximum absolute atomic E-state index is 12.9. The van der Waals surface area contributed by atoms with Gasteiger partial charge in [0.2, 0.25) is 5.91 Å². The summed E-state index contributed by atoms with van der Waals surface area (Å²) in [6.07, 6.45) is 0. The van der Waals surface area contributed by atoms with E-state index in [-0.39, 0.29) is 18.2 Å². The zero-order chi connectivity index (χ0) is 22.8. The highest BCUT2D eigenvalue weighted by Gasteiger charge is 2.22. The topological polar surface area (TPSA) is 102 Å². The summed E-state index contributed by atoms with van der Waals surface area (Å²) in [6, 6.07) is 7.53. The number of hydrogen-bond acceptors (Lipinski definition) is 7. The molecule has 0 fully saturated rings. The Morgan fingerprint density at radius 2 is 2.00 bits per heavy atom. The second-order valence-corrected chi connectivity index (χ2v) is 9.43. The fourth-order valence-electron chi connectivity index (χ4n) is 3.34. The molecule has 4 rings (SSSR count). The zero-order valence-electron chi connectivity index (χ0n) is 18.2. The highest BCUT2D eigenvalue weighted by Crippen LogP contribution is 2.33. The van der Waals surface area contributed by atoms with Gasteiger partial charge in [-0.3, -0.25) is 14.3 Å². The van der Waals surface area contributed by atoms with Crippen LogP contribution in [0.15, 0.2) is 38.4 Å². The normalized spacial score (nSPS) is 11.1. The molecule has 1 aromatic carbocycles. The minimum absolute atomic E-state index is 0.179. The molecule has 2 N–H and O–H groups in total. The molecule has 0 radical (unpaired) electrons. The summed E-state index contributed by atoms with van der Waals surface area (Å²) >= 11 is 3.13. The predicted molar refractivity (Wildman–Crippen MR) is 126 cm³/mol. The number of aryl methyl sites for hydroxylation is 3. The molecule has 10 heteroatoms. The van der Waals surface area contributed by atoms with Crippen LogP contribution in [0.25, 0.3) is 11.0 Å². The Hall–Kier alpha value is -3.11. The Kier molecular flexibility index (Phi) is 6.33. The van der Waals surface area contributed by atoms with Gasteiger partial charge in [0.25, 0.3) is 5.91 Å². The third kappa shape index (κ3) is 4.56. The smallest absolute Gasteiger partial charge is 0.287 e. The van der Waals surface area contributed by atoms with Crippen LogP contribution in [-0.4, -0.2) is 33.1 Å². The van der Waals surface area contributed by atoms with Gasteiger partial charge in [0, 0.05) is 34.8 Å². The average molecular weight is 470 g/mol. The Morgan fingerprint density at radius 3 is 2.69 bits per heavy atom. The fourth-order valence-corrected chi connectivity index (χ4v) is 5.21. The van der Waals surface area contributed by atoms with Gasteiger partial charge >= 0.3 is 0 Å². The van der Waals surface area contributed by atoms with Gasteiger partial charge in [0.15, 0.2) is 5.76 Å². The van der Waals surface area contributed by atoms with Crippen molar-refractivity contribution in [2.24, 2.45) is 7.05 Å². The predicted octanol–water partition coefficient (Wildman–Crippen LogP) is 4.21. The van der Waals surface area contributed by atoms with Crippen molar-refractivity contribution in [1.29, 1.82) is 0 Å². The minimum Gasteiger partial charge on any atom is -0.451 e. The van der Waals surface area contributed by atoms with Crippen LogP contribution in [0.3, 0.4) is 0 Å². The van der Waals surface area contributed by atoms with Crippen molar-refractivity contribution in [3.05, 3.63) is 58.1 Å². The number of para-hydroxylation sites is 1. The summed E-state index contributed by atoms with van der Waals surface area (Å²) in [4.78, 5) is 29.8. The van der Waals surface area contributed by atoms with Crippen molar-refractivity contribution < 1.29 is 14.0 Å². The second-order valence-electron chi connectivity index (χ2n) is 7.35. The van der Waals surface area contributed by atoms with Crippen LogP contribution < -0.4 is 10.6 Å². The SMILES string of the molecule is Cc1csc(SCc2c(C(=O)NCC(=O)Nc3c(C)nn(C)c3C)oc3ccccc23)n1. The van der Waals surface area contributed by atoms with Crippen molar-refractivity contribution in [2.45, 2.75) is 30.9 Å². The molecule has 8 nitrogen and oxygen atoms in total. The first-order chi connectivity index (χ1) is 15.3. The van der Waals surface area contributed by atoms with E-state index in [2.05, 4.69) is 20.7 Å². The molecule has 4 aromatic rings. The van der Waals surface area contributed by atoms with Gasteiger partial charge in [-0.1, -0.05) is 30.0 Å².